The molecule has 5 rings (SSSR count). The lowest BCUT2D eigenvalue weighted by molar-refractivity contribution is 0.0660. The lowest BCUT2D eigenvalue weighted by Gasteiger charge is -2.38. The number of hydrogen-bond acceptors (Lipinski definition) is 4. The second kappa shape index (κ2) is 11.4. The van der Waals surface area contributed by atoms with E-state index in [1.807, 2.05) is 29.2 Å². The van der Waals surface area contributed by atoms with Gasteiger partial charge in [-0.3, -0.25) is 9.69 Å². The number of phenols is 1. The highest BCUT2D eigenvalue weighted by Gasteiger charge is 2.31. The average Bonchev–Trinajstić information content (AvgIpc) is 2.90. The van der Waals surface area contributed by atoms with Crippen LogP contribution in [0.2, 0.25) is 5.02 Å². The first kappa shape index (κ1) is 24.7. The van der Waals surface area contributed by atoms with Crippen molar-refractivity contribution in [3.8, 4) is 11.5 Å². The van der Waals surface area contributed by atoms with Crippen molar-refractivity contribution in [1.29, 1.82) is 0 Å². The molecule has 1 amide bonds. The molecule has 1 unspecified atom stereocenters. The Morgan fingerprint density at radius 2 is 1.69 bits per heavy atom. The van der Waals surface area contributed by atoms with Crippen LogP contribution in [-0.2, 0) is 12.8 Å². The third-order valence-electron chi connectivity index (χ3n) is 7.31. The number of aromatic hydroxyl groups is 1. The number of amides is 1. The smallest absolute Gasteiger partial charge is 0.254 e. The van der Waals surface area contributed by atoms with Gasteiger partial charge in [0.15, 0.2) is 0 Å². The minimum Gasteiger partial charge on any atom is -0.508 e. The van der Waals surface area contributed by atoms with Crippen molar-refractivity contribution in [2.45, 2.75) is 38.1 Å². The molecule has 1 atom stereocenters. The number of piperidine rings is 1. The van der Waals surface area contributed by atoms with Gasteiger partial charge in [0.25, 0.3) is 5.91 Å². The maximum atomic E-state index is 13.5. The fourth-order valence-corrected chi connectivity index (χ4v) is 5.47. The highest BCUT2D eigenvalue weighted by molar-refractivity contribution is 6.30. The molecule has 5 nitrogen and oxygen atoms in total. The van der Waals surface area contributed by atoms with E-state index in [0.29, 0.717) is 36.6 Å². The first-order chi connectivity index (χ1) is 17.6. The molecule has 1 fully saturated rings. The van der Waals surface area contributed by atoms with E-state index in [1.54, 1.807) is 30.3 Å². The summed E-state index contributed by atoms with van der Waals surface area (Å²) in [7, 11) is 0. The van der Waals surface area contributed by atoms with E-state index in [2.05, 4.69) is 17.0 Å². The summed E-state index contributed by atoms with van der Waals surface area (Å²) in [5.41, 5.74) is 3.95. The molecule has 0 spiro atoms. The van der Waals surface area contributed by atoms with Gasteiger partial charge >= 0.3 is 0 Å². The van der Waals surface area contributed by atoms with Gasteiger partial charge in [-0.15, -0.1) is 0 Å². The van der Waals surface area contributed by atoms with E-state index >= 15 is 0 Å². The molecule has 0 radical (unpaired) electrons. The number of likely N-dealkylation sites (tertiary alicyclic amines) is 1. The molecule has 3 aromatic carbocycles. The van der Waals surface area contributed by atoms with Crippen molar-refractivity contribution in [3.63, 3.8) is 0 Å². The Morgan fingerprint density at radius 1 is 0.944 bits per heavy atom. The molecule has 0 aliphatic carbocycles. The van der Waals surface area contributed by atoms with Gasteiger partial charge < -0.3 is 14.7 Å². The predicted octanol–water partition coefficient (Wildman–Crippen LogP) is 5.89. The van der Waals surface area contributed by atoms with E-state index in [4.69, 9.17) is 16.3 Å². The minimum atomic E-state index is -0.122. The lowest BCUT2D eigenvalue weighted by atomic mass is 9.88. The molecule has 3 aromatic rings. The molecule has 188 valence electrons. The Labute approximate surface area is 218 Å². The standard InChI is InChI=1S/C30H33ClN2O3/c31-25-8-6-23(7-9-25)30(35)33-17-14-24-21-26(34)10-13-28(24)29(33)20-22-4-11-27(12-5-22)36-19-18-32-15-2-1-3-16-32/h4-13,21,29,34H,1-3,14-20H2. The Balaban J connectivity index is 1.30. The van der Waals surface area contributed by atoms with Gasteiger partial charge in [-0.2, -0.15) is 0 Å². The van der Waals surface area contributed by atoms with Gasteiger partial charge in [-0.05, 0) is 104 Å². The van der Waals surface area contributed by atoms with Gasteiger partial charge in [0, 0.05) is 23.7 Å². The largest absolute Gasteiger partial charge is 0.508 e. The van der Waals surface area contributed by atoms with Crippen LogP contribution in [0.15, 0.2) is 66.7 Å². The number of nitrogens with zero attached hydrogens (tertiary/aromatic N) is 2. The van der Waals surface area contributed by atoms with Crippen LogP contribution in [0.5, 0.6) is 11.5 Å². The van der Waals surface area contributed by atoms with Crippen LogP contribution in [0.25, 0.3) is 0 Å². The van der Waals surface area contributed by atoms with Crippen LogP contribution in [0.1, 0.15) is 52.4 Å². The molecule has 0 bridgehead atoms. The number of carbonyl (C=O) groups is 1. The van der Waals surface area contributed by atoms with E-state index in [0.717, 1.165) is 29.0 Å². The molecule has 2 aliphatic heterocycles. The van der Waals surface area contributed by atoms with E-state index in [-0.39, 0.29) is 17.7 Å². The number of hydrogen-bond donors (Lipinski definition) is 1. The number of carbonyl (C=O) groups excluding carboxylic acids is 1. The Bertz CT molecular complexity index is 1170. The number of benzene rings is 3. The molecule has 0 saturated carbocycles. The predicted molar refractivity (Wildman–Crippen MR) is 143 cm³/mol. The molecule has 2 aliphatic rings. The summed E-state index contributed by atoms with van der Waals surface area (Å²) in [4.78, 5) is 17.9. The van der Waals surface area contributed by atoms with Crippen LogP contribution in [0.4, 0.5) is 0 Å². The van der Waals surface area contributed by atoms with Crippen molar-refractivity contribution >= 4 is 17.5 Å². The molecular weight excluding hydrogens is 472 g/mol. The van der Waals surface area contributed by atoms with Gasteiger partial charge in [0.1, 0.15) is 18.1 Å². The van der Waals surface area contributed by atoms with Crippen molar-refractivity contribution in [2.75, 3.05) is 32.8 Å². The number of phenolic OH excluding ortho intramolecular Hbond substituents is 1. The highest BCUT2D eigenvalue weighted by atomic mass is 35.5. The second-order valence-electron chi connectivity index (χ2n) is 9.75. The van der Waals surface area contributed by atoms with Crippen molar-refractivity contribution in [3.05, 3.63) is 94.0 Å². The summed E-state index contributed by atoms with van der Waals surface area (Å²) in [6, 6.07) is 20.7. The van der Waals surface area contributed by atoms with Crippen LogP contribution in [0, 0.1) is 0 Å². The van der Waals surface area contributed by atoms with Crippen molar-refractivity contribution in [1.82, 2.24) is 9.80 Å². The fourth-order valence-electron chi connectivity index (χ4n) is 5.34. The average molecular weight is 505 g/mol. The quantitative estimate of drug-likeness (QED) is 0.435. The second-order valence-corrected chi connectivity index (χ2v) is 10.2. The molecule has 1 N–H and O–H groups in total. The zero-order valence-electron chi connectivity index (χ0n) is 20.5. The van der Waals surface area contributed by atoms with Gasteiger partial charge in [-0.25, -0.2) is 0 Å². The van der Waals surface area contributed by atoms with Gasteiger partial charge in [0.05, 0.1) is 6.04 Å². The zero-order valence-corrected chi connectivity index (χ0v) is 21.3. The molecular formula is C30H33ClN2O3. The van der Waals surface area contributed by atoms with Gasteiger partial charge in [-0.1, -0.05) is 36.2 Å². The molecule has 6 heteroatoms. The first-order valence-corrected chi connectivity index (χ1v) is 13.3. The molecule has 0 aromatic heterocycles. The molecule has 2 heterocycles. The van der Waals surface area contributed by atoms with Crippen molar-refractivity contribution in [2.24, 2.45) is 0 Å². The Hall–Kier alpha value is -3.02. The number of halogens is 1. The third-order valence-corrected chi connectivity index (χ3v) is 7.57. The van der Waals surface area contributed by atoms with Crippen LogP contribution in [-0.4, -0.2) is 53.6 Å². The first-order valence-electron chi connectivity index (χ1n) is 12.9. The summed E-state index contributed by atoms with van der Waals surface area (Å²) >= 11 is 6.04. The summed E-state index contributed by atoms with van der Waals surface area (Å²) < 4.78 is 6.01. The van der Waals surface area contributed by atoms with Crippen LogP contribution in [0.3, 0.4) is 0 Å². The van der Waals surface area contributed by atoms with Crippen molar-refractivity contribution < 1.29 is 14.6 Å². The van der Waals surface area contributed by atoms with E-state index in [9.17, 15) is 9.90 Å². The van der Waals surface area contributed by atoms with Crippen LogP contribution < -0.4 is 4.74 Å². The monoisotopic (exact) mass is 504 g/mol. The van der Waals surface area contributed by atoms with E-state index < -0.39 is 0 Å². The maximum absolute atomic E-state index is 13.5. The summed E-state index contributed by atoms with van der Waals surface area (Å²) in [6.45, 7) is 4.61. The Kier molecular flexibility index (Phi) is 7.78. The number of ether oxygens (including phenoxy) is 1. The van der Waals surface area contributed by atoms with Crippen LogP contribution >= 0.6 is 11.6 Å². The maximum Gasteiger partial charge on any atom is 0.254 e. The summed E-state index contributed by atoms with van der Waals surface area (Å²) in [6.07, 6.45) is 5.31. The number of fused-ring (bicyclic) bond motifs is 1. The molecule has 1 saturated heterocycles. The third kappa shape index (κ3) is 5.85. The SMILES string of the molecule is O=C(c1ccc(Cl)cc1)N1CCc2cc(O)ccc2C1Cc1ccc(OCCN2CCCCC2)cc1. The zero-order chi connectivity index (χ0) is 24.9. The van der Waals surface area contributed by atoms with Gasteiger partial charge in [0.2, 0.25) is 0 Å². The normalized spacial score (nSPS) is 18.0. The molecule has 36 heavy (non-hydrogen) atoms. The Morgan fingerprint density at radius 3 is 2.44 bits per heavy atom. The highest BCUT2D eigenvalue weighted by Crippen LogP contribution is 2.35. The van der Waals surface area contributed by atoms with E-state index in [1.165, 1.54) is 32.4 Å². The fraction of sp³-hybridized carbons (Fsp3) is 0.367. The summed E-state index contributed by atoms with van der Waals surface area (Å²) in [5.74, 6) is 1.13. The minimum absolute atomic E-state index is 0.00643. The lowest BCUT2D eigenvalue weighted by Crippen LogP contribution is -2.41. The number of rotatable bonds is 7. The summed E-state index contributed by atoms with van der Waals surface area (Å²) in [5, 5.41) is 10.6. The topological polar surface area (TPSA) is 53.0 Å².